The summed E-state index contributed by atoms with van der Waals surface area (Å²) in [5, 5.41) is 8.72. The fourth-order valence-corrected chi connectivity index (χ4v) is 1.08. The lowest BCUT2D eigenvalue weighted by Gasteiger charge is -2.07. The molecule has 1 rings (SSSR count). The lowest BCUT2D eigenvalue weighted by Crippen LogP contribution is -2.13. The summed E-state index contributed by atoms with van der Waals surface area (Å²) in [6, 6.07) is 7.34. The van der Waals surface area contributed by atoms with E-state index in [1.165, 1.54) is 0 Å². The topological polar surface area (TPSA) is 46.2 Å². The Morgan fingerprint density at radius 1 is 1.36 bits per heavy atom. The van der Waals surface area contributed by atoms with Crippen LogP contribution in [0.5, 0.6) is 0 Å². The summed E-state index contributed by atoms with van der Waals surface area (Å²) in [4.78, 5) is 0. The lowest BCUT2D eigenvalue weighted by atomic mass is 10.1. The Morgan fingerprint density at radius 3 is 2.36 bits per heavy atom. The van der Waals surface area contributed by atoms with E-state index in [1.807, 2.05) is 24.3 Å². The third-order valence-corrected chi connectivity index (χ3v) is 2.02. The van der Waals surface area contributed by atoms with E-state index in [-0.39, 0.29) is 12.6 Å². The maximum Gasteiger partial charge on any atom is 0.0624 e. The number of hydrogen-bond donors (Lipinski definition) is 2. The molecule has 0 heterocycles. The second kappa shape index (κ2) is 3.85. The van der Waals surface area contributed by atoms with Crippen molar-refractivity contribution in [1.82, 2.24) is 0 Å². The molecule has 0 spiro atoms. The molecule has 11 heavy (non-hydrogen) atoms. The van der Waals surface area contributed by atoms with E-state index in [1.54, 1.807) is 0 Å². The minimum atomic E-state index is -0.261. The Bertz CT molecular complexity index is 222. The van der Waals surface area contributed by atoms with Gasteiger partial charge >= 0.3 is 0 Å². The van der Waals surface area contributed by atoms with Crippen molar-refractivity contribution in [3.05, 3.63) is 34.3 Å². The molecule has 60 valence electrons. The maximum atomic E-state index is 8.72. The number of hydrogen-bond acceptors (Lipinski definition) is 2. The van der Waals surface area contributed by atoms with Crippen LogP contribution in [0.3, 0.4) is 0 Å². The summed E-state index contributed by atoms with van der Waals surface area (Å²) in [5.74, 6) is 0. The number of aliphatic hydroxyl groups excluding tert-OH is 1. The summed E-state index contributed by atoms with van der Waals surface area (Å²) in [6.45, 7) is -0.0123. The van der Waals surface area contributed by atoms with Crippen molar-refractivity contribution in [3.63, 3.8) is 0 Å². The largest absolute Gasteiger partial charge is 0.394 e. The molecule has 0 aliphatic rings. The highest BCUT2D eigenvalue weighted by atomic mass is 79.9. The van der Waals surface area contributed by atoms with Gasteiger partial charge in [-0.2, -0.15) is 0 Å². The van der Waals surface area contributed by atoms with Crippen LogP contribution < -0.4 is 5.73 Å². The van der Waals surface area contributed by atoms with Crippen molar-refractivity contribution >= 4 is 15.9 Å². The number of halogens is 1. The average Bonchev–Trinajstić information content (AvgIpc) is 2.05. The second-order valence-electron chi connectivity index (χ2n) is 2.34. The van der Waals surface area contributed by atoms with Gasteiger partial charge in [0, 0.05) is 4.47 Å². The van der Waals surface area contributed by atoms with Crippen LogP contribution in [0.4, 0.5) is 0 Å². The SMILES string of the molecule is N[C@@H](CO)c1ccc(Br)cc1. The molecule has 1 aromatic carbocycles. The zero-order valence-electron chi connectivity index (χ0n) is 6.00. The Morgan fingerprint density at radius 2 is 1.91 bits per heavy atom. The molecule has 0 amide bonds. The van der Waals surface area contributed by atoms with Gasteiger partial charge in [-0.05, 0) is 17.7 Å². The van der Waals surface area contributed by atoms with E-state index < -0.39 is 0 Å². The van der Waals surface area contributed by atoms with E-state index in [9.17, 15) is 0 Å². The van der Waals surface area contributed by atoms with Gasteiger partial charge in [-0.3, -0.25) is 0 Å². The highest BCUT2D eigenvalue weighted by Gasteiger charge is 2.01. The van der Waals surface area contributed by atoms with Crippen molar-refractivity contribution in [2.24, 2.45) is 5.73 Å². The van der Waals surface area contributed by atoms with Gasteiger partial charge in [0.15, 0.2) is 0 Å². The van der Waals surface area contributed by atoms with Crippen molar-refractivity contribution < 1.29 is 5.11 Å². The zero-order chi connectivity index (χ0) is 8.27. The number of rotatable bonds is 2. The van der Waals surface area contributed by atoms with E-state index in [0.29, 0.717) is 0 Å². The molecule has 2 nitrogen and oxygen atoms in total. The number of aliphatic hydroxyl groups is 1. The fraction of sp³-hybridized carbons (Fsp3) is 0.250. The van der Waals surface area contributed by atoms with Crippen LogP contribution >= 0.6 is 15.9 Å². The average molecular weight is 216 g/mol. The molecule has 3 heteroatoms. The molecular weight excluding hydrogens is 206 g/mol. The van der Waals surface area contributed by atoms with E-state index in [4.69, 9.17) is 10.8 Å². The highest BCUT2D eigenvalue weighted by Crippen LogP contribution is 2.14. The highest BCUT2D eigenvalue weighted by molar-refractivity contribution is 9.10. The molecule has 1 atom stereocenters. The molecule has 1 aromatic rings. The predicted molar refractivity (Wildman–Crippen MR) is 48.2 cm³/mol. The number of benzene rings is 1. The molecule has 0 unspecified atom stereocenters. The first kappa shape index (κ1) is 8.71. The monoisotopic (exact) mass is 215 g/mol. The Labute approximate surface area is 74.2 Å². The van der Waals surface area contributed by atoms with E-state index in [2.05, 4.69) is 15.9 Å². The summed E-state index contributed by atoms with van der Waals surface area (Å²) in [7, 11) is 0. The van der Waals surface area contributed by atoms with Crippen LogP contribution in [-0.4, -0.2) is 11.7 Å². The van der Waals surface area contributed by atoms with Crippen LogP contribution in [0.15, 0.2) is 28.7 Å². The summed E-state index contributed by atoms with van der Waals surface area (Å²) >= 11 is 3.31. The molecule has 0 saturated heterocycles. The molecule has 0 aromatic heterocycles. The molecule has 0 radical (unpaired) electrons. The predicted octanol–water partition coefficient (Wildman–Crippen LogP) is 1.44. The second-order valence-corrected chi connectivity index (χ2v) is 3.26. The van der Waals surface area contributed by atoms with Crippen LogP contribution in [0.1, 0.15) is 11.6 Å². The van der Waals surface area contributed by atoms with Gasteiger partial charge in [0.2, 0.25) is 0 Å². The molecule has 0 fully saturated rings. The molecule has 3 N–H and O–H groups in total. The van der Waals surface area contributed by atoms with Gasteiger partial charge in [-0.1, -0.05) is 28.1 Å². The first-order chi connectivity index (χ1) is 5.24. The van der Waals surface area contributed by atoms with Crippen molar-refractivity contribution in [1.29, 1.82) is 0 Å². The molecular formula is C8H10BrNO. The molecule has 0 saturated carbocycles. The van der Waals surface area contributed by atoms with Crippen LogP contribution in [0.25, 0.3) is 0 Å². The maximum absolute atomic E-state index is 8.72. The number of nitrogens with two attached hydrogens (primary N) is 1. The zero-order valence-corrected chi connectivity index (χ0v) is 7.58. The Hall–Kier alpha value is -0.380. The minimum absolute atomic E-state index is 0.0123. The first-order valence-corrected chi connectivity index (χ1v) is 4.15. The van der Waals surface area contributed by atoms with E-state index in [0.717, 1.165) is 10.0 Å². The van der Waals surface area contributed by atoms with Crippen molar-refractivity contribution in [2.45, 2.75) is 6.04 Å². The van der Waals surface area contributed by atoms with Gasteiger partial charge in [0.05, 0.1) is 12.6 Å². The first-order valence-electron chi connectivity index (χ1n) is 3.36. The molecule has 0 bridgehead atoms. The van der Waals surface area contributed by atoms with Gasteiger partial charge in [0.1, 0.15) is 0 Å². The van der Waals surface area contributed by atoms with Crippen LogP contribution in [-0.2, 0) is 0 Å². The van der Waals surface area contributed by atoms with Crippen LogP contribution in [0.2, 0.25) is 0 Å². The standard InChI is InChI=1S/C8H10BrNO/c9-7-3-1-6(2-4-7)8(10)5-11/h1-4,8,11H,5,10H2/t8-/m0/s1. The van der Waals surface area contributed by atoms with Gasteiger partial charge in [0.25, 0.3) is 0 Å². The summed E-state index contributed by atoms with van der Waals surface area (Å²) < 4.78 is 1.02. The van der Waals surface area contributed by atoms with Gasteiger partial charge < -0.3 is 10.8 Å². The third kappa shape index (κ3) is 2.29. The fourth-order valence-electron chi connectivity index (χ4n) is 0.815. The van der Waals surface area contributed by atoms with E-state index >= 15 is 0 Å². The van der Waals surface area contributed by atoms with Gasteiger partial charge in [-0.15, -0.1) is 0 Å². The molecule has 0 aliphatic carbocycles. The van der Waals surface area contributed by atoms with Crippen molar-refractivity contribution in [3.8, 4) is 0 Å². The molecule has 0 aliphatic heterocycles. The summed E-state index contributed by atoms with van der Waals surface area (Å²) in [5.41, 5.74) is 6.53. The summed E-state index contributed by atoms with van der Waals surface area (Å²) in [6.07, 6.45) is 0. The van der Waals surface area contributed by atoms with Crippen molar-refractivity contribution in [2.75, 3.05) is 6.61 Å². The van der Waals surface area contributed by atoms with Gasteiger partial charge in [-0.25, -0.2) is 0 Å². The Balaban J connectivity index is 2.81. The third-order valence-electron chi connectivity index (χ3n) is 1.49. The minimum Gasteiger partial charge on any atom is -0.394 e. The Kier molecular flexibility index (Phi) is 3.05. The lowest BCUT2D eigenvalue weighted by molar-refractivity contribution is 0.268. The quantitative estimate of drug-likeness (QED) is 0.785. The van der Waals surface area contributed by atoms with Crippen LogP contribution in [0, 0.1) is 0 Å². The smallest absolute Gasteiger partial charge is 0.0624 e. The normalized spacial score (nSPS) is 13.0.